The Labute approximate surface area is 206 Å². The molecule has 176 valence electrons. The maximum Gasteiger partial charge on any atom is 0.247 e. The van der Waals surface area contributed by atoms with Crippen LogP contribution in [0.5, 0.6) is 0 Å². The highest BCUT2D eigenvalue weighted by atomic mass is 32.2. The van der Waals surface area contributed by atoms with Crippen LogP contribution in [0.25, 0.3) is 0 Å². The summed E-state index contributed by atoms with van der Waals surface area (Å²) in [4.78, 5) is 15.9. The number of nitrogens with zero attached hydrogens (tertiary/aromatic N) is 2. The summed E-state index contributed by atoms with van der Waals surface area (Å²) in [7, 11) is -4.04. The van der Waals surface area contributed by atoms with E-state index < -0.39 is 22.2 Å². The number of aryl methyl sites for hydroxylation is 1. The molecule has 35 heavy (non-hydrogen) atoms. The van der Waals surface area contributed by atoms with Crippen LogP contribution in [-0.4, -0.2) is 23.5 Å². The maximum absolute atomic E-state index is 14.2. The van der Waals surface area contributed by atoms with E-state index in [9.17, 15) is 13.2 Å². The number of carbonyl (C=O) groups excluding carboxylic acids is 1. The van der Waals surface area contributed by atoms with Gasteiger partial charge in [-0.3, -0.25) is 4.79 Å². The van der Waals surface area contributed by atoms with E-state index in [1.807, 2.05) is 97.9 Å². The Morgan fingerprint density at radius 2 is 1.20 bits per heavy atom. The summed E-state index contributed by atoms with van der Waals surface area (Å²) in [6, 6.07) is 34.0. The van der Waals surface area contributed by atoms with Gasteiger partial charge in [0.15, 0.2) is 0 Å². The van der Waals surface area contributed by atoms with Gasteiger partial charge in [0.2, 0.25) is 15.9 Å². The number of sulfonamides is 1. The van der Waals surface area contributed by atoms with Crippen LogP contribution in [0.4, 0.5) is 0 Å². The average Bonchev–Trinajstić information content (AvgIpc) is 3.18. The van der Waals surface area contributed by atoms with E-state index in [-0.39, 0.29) is 10.8 Å². The molecule has 6 heteroatoms. The third-order valence-electron chi connectivity index (χ3n) is 6.31. The lowest BCUT2D eigenvalue weighted by atomic mass is 10.1. The molecule has 5 nitrogen and oxygen atoms in total. The van der Waals surface area contributed by atoms with Crippen LogP contribution < -0.4 is 0 Å². The predicted octanol–water partition coefficient (Wildman–Crippen LogP) is 5.47. The van der Waals surface area contributed by atoms with Gasteiger partial charge in [0.25, 0.3) is 0 Å². The quantitative estimate of drug-likeness (QED) is 0.366. The van der Waals surface area contributed by atoms with Gasteiger partial charge in [0.05, 0.1) is 4.90 Å². The molecule has 0 spiro atoms. The normalized spacial score (nSPS) is 18.7. The summed E-state index contributed by atoms with van der Waals surface area (Å²) in [6.07, 6.45) is -0.791. The fraction of sp³-hybridized carbons (Fsp3) is 0.138. The molecule has 4 aromatic rings. The third-order valence-corrected chi connectivity index (χ3v) is 8.15. The average molecular weight is 483 g/mol. The Morgan fingerprint density at radius 1 is 0.686 bits per heavy atom. The second kappa shape index (κ2) is 9.49. The molecule has 1 aliphatic heterocycles. The van der Waals surface area contributed by atoms with Crippen molar-refractivity contribution < 1.29 is 13.2 Å². The minimum atomic E-state index is -4.04. The van der Waals surface area contributed by atoms with Gasteiger partial charge in [-0.1, -0.05) is 109 Å². The van der Waals surface area contributed by atoms with Crippen LogP contribution in [0.1, 0.15) is 34.5 Å². The standard InChI is InChI=1S/C29H26N2O3S/c1-22-17-19-26(20-18-22)35(33,34)31-27(24-13-7-3-8-14-24)29(32)30(21-23-11-5-2-6-12-23)28(31)25-15-9-4-10-16-25/h2-20,27-28H,21H2,1H3/t27-,28?/m0/s1. The molecule has 0 saturated carbocycles. The first-order valence-corrected chi connectivity index (χ1v) is 13.0. The molecule has 1 fully saturated rings. The van der Waals surface area contributed by atoms with Crippen molar-refractivity contribution in [3.05, 3.63) is 138 Å². The van der Waals surface area contributed by atoms with Crippen LogP contribution in [0.3, 0.4) is 0 Å². The lowest BCUT2D eigenvalue weighted by Gasteiger charge is -2.31. The van der Waals surface area contributed by atoms with Crippen molar-refractivity contribution in [2.24, 2.45) is 0 Å². The smallest absolute Gasteiger partial charge is 0.247 e. The fourth-order valence-electron chi connectivity index (χ4n) is 4.59. The first kappa shape index (κ1) is 23.0. The van der Waals surface area contributed by atoms with E-state index in [4.69, 9.17) is 0 Å². The predicted molar refractivity (Wildman–Crippen MR) is 136 cm³/mol. The lowest BCUT2D eigenvalue weighted by molar-refractivity contribution is -0.130. The largest absolute Gasteiger partial charge is 0.316 e. The second-order valence-corrected chi connectivity index (χ2v) is 10.5. The monoisotopic (exact) mass is 482 g/mol. The first-order chi connectivity index (χ1) is 17.0. The van der Waals surface area contributed by atoms with E-state index in [0.717, 1.165) is 16.7 Å². The molecule has 5 rings (SSSR count). The zero-order valence-corrected chi connectivity index (χ0v) is 20.2. The Balaban J connectivity index is 1.71. The van der Waals surface area contributed by atoms with E-state index >= 15 is 0 Å². The van der Waals surface area contributed by atoms with Crippen molar-refractivity contribution in [2.45, 2.75) is 30.6 Å². The SMILES string of the molecule is Cc1ccc(S(=O)(=O)N2C(c3ccccc3)N(Cc3ccccc3)C(=O)[C@@H]2c2ccccc2)cc1. The molecule has 1 unspecified atom stereocenters. The summed E-state index contributed by atoms with van der Waals surface area (Å²) in [6.45, 7) is 2.21. The molecule has 0 aliphatic carbocycles. The number of amides is 1. The topological polar surface area (TPSA) is 57.7 Å². The molecule has 0 aromatic heterocycles. The molecule has 1 amide bonds. The first-order valence-electron chi connectivity index (χ1n) is 11.5. The molecule has 0 radical (unpaired) electrons. The summed E-state index contributed by atoms with van der Waals surface area (Å²) >= 11 is 0. The summed E-state index contributed by atoms with van der Waals surface area (Å²) in [5.41, 5.74) is 3.28. The van der Waals surface area contributed by atoms with Gasteiger partial charge in [-0.15, -0.1) is 0 Å². The minimum absolute atomic E-state index is 0.166. The Morgan fingerprint density at radius 3 is 1.77 bits per heavy atom. The van der Waals surface area contributed by atoms with Gasteiger partial charge < -0.3 is 4.90 Å². The van der Waals surface area contributed by atoms with Gasteiger partial charge in [-0.05, 0) is 35.7 Å². The van der Waals surface area contributed by atoms with E-state index in [0.29, 0.717) is 12.1 Å². The Kier molecular flexibility index (Phi) is 6.24. The summed E-state index contributed by atoms with van der Waals surface area (Å²) < 4.78 is 29.8. The van der Waals surface area contributed by atoms with Crippen LogP contribution in [0.15, 0.2) is 120 Å². The third kappa shape index (κ3) is 4.38. The van der Waals surface area contributed by atoms with Crippen molar-refractivity contribution in [2.75, 3.05) is 0 Å². The fourth-order valence-corrected chi connectivity index (χ4v) is 6.30. The highest BCUT2D eigenvalue weighted by Gasteiger charge is 2.53. The van der Waals surface area contributed by atoms with Crippen molar-refractivity contribution in [1.82, 2.24) is 9.21 Å². The van der Waals surface area contributed by atoms with Gasteiger partial charge in [0, 0.05) is 6.54 Å². The van der Waals surface area contributed by atoms with Gasteiger partial charge >= 0.3 is 0 Å². The molecule has 0 bridgehead atoms. The second-order valence-electron chi connectivity index (χ2n) is 8.70. The van der Waals surface area contributed by atoms with E-state index in [1.54, 1.807) is 29.2 Å². The maximum atomic E-state index is 14.2. The lowest BCUT2D eigenvalue weighted by Crippen LogP contribution is -2.36. The molecular weight excluding hydrogens is 456 g/mol. The highest BCUT2D eigenvalue weighted by molar-refractivity contribution is 7.89. The van der Waals surface area contributed by atoms with Crippen molar-refractivity contribution in [3.63, 3.8) is 0 Å². The summed E-state index contributed by atoms with van der Waals surface area (Å²) in [5.74, 6) is -0.246. The molecule has 4 aromatic carbocycles. The summed E-state index contributed by atoms with van der Waals surface area (Å²) in [5, 5.41) is 0. The van der Waals surface area contributed by atoms with Crippen molar-refractivity contribution >= 4 is 15.9 Å². The van der Waals surface area contributed by atoms with E-state index in [1.165, 1.54) is 4.31 Å². The van der Waals surface area contributed by atoms with E-state index in [2.05, 4.69) is 0 Å². The molecule has 1 saturated heterocycles. The minimum Gasteiger partial charge on any atom is -0.316 e. The molecule has 1 aliphatic rings. The van der Waals surface area contributed by atoms with Gasteiger partial charge in [0.1, 0.15) is 12.2 Å². The van der Waals surface area contributed by atoms with Gasteiger partial charge in [-0.2, -0.15) is 4.31 Å². The van der Waals surface area contributed by atoms with Crippen LogP contribution >= 0.6 is 0 Å². The molecular formula is C29H26N2O3S. The van der Waals surface area contributed by atoms with Crippen molar-refractivity contribution in [3.8, 4) is 0 Å². The molecule has 0 N–H and O–H groups in total. The number of rotatable bonds is 6. The zero-order chi connectivity index (χ0) is 24.4. The number of carbonyl (C=O) groups is 1. The Hall–Kier alpha value is -3.74. The van der Waals surface area contributed by atoms with Crippen LogP contribution in [0, 0.1) is 6.92 Å². The van der Waals surface area contributed by atoms with Crippen LogP contribution in [-0.2, 0) is 21.4 Å². The molecule has 2 atom stereocenters. The Bertz CT molecular complexity index is 1410. The molecule has 1 heterocycles. The number of hydrogen-bond acceptors (Lipinski definition) is 3. The number of hydrogen-bond donors (Lipinski definition) is 0. The number of benzene rings is 4. The zero-order valence-electron chi connectivity index (χ0n) is 19.4. The van der Waals surface area contributed by atoms with Crippen LogP contribution in [0.2, 0.25) is 0 Å². The van der Waals surface area contributed by atoms with Crippen molar-refractivity contribution in [1.29, 1.82) is 0 Å². The highest BCUT2D eigenvalue weighted by Crippen LogP contribution is 2.46. The van der Waals surface area contributed by atoms with Gasteiger partial charge in [-0.25, -0.2) is 8.42 Å².